The first-order valence-corrected chi connectivity index (χ1v) is 5.90. The zero-order valence-corrected chi connectivity index (χ0v) is 10.3. The number of halogens is 1. The minimum atomic E-state index is -0.327. The SMILES string of the molecule is N#Cc1nnn(Cc2ccccc2F)c1-c1ccco1. The van der Waals surface area contributed by atoms with Crippen LogP contribution in [0.15, 0.2) is 47.1 Å². The topological polar surface area (TPSA) is 67.6 Å². The van der Waals surface area contributed by atoms with Crippen molar-refractivity contribution < 1.29 is 8.81 Å². The van der Waals surface area contributed by atoms with E-state index in [9.17, 15) is 4.39 Å². The fourth-order valence-electron chi connectivity index (χ4n) is 1.94. The third-order valence-electron chi connectivity index (χ3n) is 2.87. The molecule has 98 valence electrons. The van der Waals surface area contributed by atoms with Crippen molar-refractivity contribution in [3.63, 3.8) is 0 Å². The van der Waals surface area contributed by atoms with E-state index in [0.29, 0.717) is 17.0 Å². The van der Waals surface area contributed by atoms with Gasteiger partial charge in [0.2, 0.25) is 0 Å². The molecule has 0 saturated heterocycles. The van der Waals surface area contributed by atoms with Gasteiger partial charge in [-0.05, 0) is 18.2 Å². The van der Waals surface area contributed by atoms with Gasteiger partial charge in [-0.25, -0.2) is 9.07 Å². The van der Waals surface area contributed by atoms with Gasteiger partial charge in [-0.3, -0.25) is 0 Å². The molecule has 5 nitrogen and oxygen atoms in total. The second-order valence-corrected chi connectivity index (χ2v) is 4.12. The summed E-state index contributed by atoms with van der Waals surface area (Å²) in [5, 5.41) is 16.8. The van der Waals surface area contributed by atoms with E-state index in [4.69, 9.17) is 9.68 Å². The summed E-state index contributed by atoms with van der Waals surface area (Å²) < 4.78 is 20.4. The molecular weight excluding hydrogens is 259 g/mol. The molecule has 3 aromatic rings. The van der Waals surface area contributed by atoms with Crippen molar-refractivity contribution in [3.8, 4) is 17.5 Å². The Morgan fingerprint density at radius 3 is 2.80 bits per heavy atom. The van der Waals surface area contributed by atoms with E-state index in [-0.39, 0.29) is 18.1 Å². The van der Waals surface area contributed by atoms with Crippen LogP contribution in [-0.4, -0.2) is 15.0 Å². The van der Waals surface area contributed by atoms with Crippen LogP contribution in [0.1, 0.15) is 11.3 Å². The lowest BCUT2D eigenvalue weighted by Gasteiger charge is -2.05. The van der Waals surface area contributed by atoms with Crippen LogP contribution in [0.3, 0.4) is 0 Å². The Morgan fingerprint density at radius 2 is 2.10 bits per heavy atom. The minimum Gasteiger partial charge on any atom is -0.463 e. The van der Waals surface area contributed by atoms with Crippen LogP contribution >= 0.6 is 0 Å². The molecule has 3 rings (SSSR count). The zero-order valence-electron chi connectivity index (χ0n) is 10.3. The molecule has 0 radical (unpaired) electrons. The van der Waals surface area contributed by atoms with Crippen molar-refractivity contribution in [2.75, 3.05) is 0 Å². The van der Waals surface area contributed by atoms with Crippen molar-refractivity contribution in [1.29, 1.82) is 5.26 Å². The standard InChI is InChI=1S/C14H9FN4O/c15-11-5-2-1-4-10(11)9-19-14(12(8-16)17-18-19)13-6-3-7-20-13/h1-7H,9H2. The summed E-state index contributed by atoms with van der Waals surface area (Å²) in [6, 6.07) is 11.8. The van der Waals surface area contributed by atoms with Crippen LogP contribution < -0.4 is 0 Å². The molecule has 2 heterocycles. The predicted molar refractivity (Wildman–Crippen MR) is 67.9 cm³/mol. The van der Waals surface area contributed by atoms with Crippen molar-refractivity contribution in [1.82, 2.24) is 15.0 Å². The lowest BCUT2D eigenvalue weighted by Crippen LogP contribution is -2.05. The molecule has 0 fully saturated rings. The summed E-state index contributed by atoms with van der Waals surface area (Å²) in [7, 11) is 0. The molecule has 0 saturated carbocycles. The fraction of sp³-hybridized carbons (Fsp3) is 0.0714. The summed E-state index contributed by atoms with van der Waals surface area (Å²) in [5.41, 5.74) is 1.06. The number of hydrogen-bond acceptors (Lipinski definition) is 4. The monoisotopic (exact) mass is 268 g/mol. The van der Waals surface area contributed by atoms with Gasteiger partial charge in [0.25, 0.3) is 0 Å². The van der Waals surface area contributed by atoms with Crippen molar-refractivity contribution in [3.05, 3.63) is 59.7 Å². The Bertz CT molecular complexity index is 771. The molecule has 0 bridgehead atoms. The Morgan fingerprint density at radius 1 is 1.25 bits per heavy atom. The quantitative estimate of drug-likeness (QED) is 0.732. The summed E-state index contributed by atoms with van der Waals surface area (Å²) in [5.74, 6) is 0.148. The van der Waals surface area contributed by atoms with Gasteiger partial charge in [-0.2, -0.15) is 5.26 Å². The molecule has 6 heteroatoms. The van der Waals surface area contributed by atoms with Crippen molar-refractivity contribution >= 4 is 0 Å². The van der Waals surface area contributed by atoms with Gasteiger partial charge >= 0.3 is 0 Å². The highest BCUT2D eigenvalue weighted by molar-refractivity contribution is 5.59. The van der Waals surface area contributed by atoms with Crippen molar-refractivity contribution in [2.24, 2.45) is 0 Å². The number of aromatic nitrogens is 3. The van der Waals surface area contributed by atoms with Crippen LogP contribution in [0.5, 0.6) is 0 Å². The summed E-state index contributed by atoms with van der Waals surface area (Å²) in [4.78, 5) is 0. The van der Waals surface area contributed by atoms with E-state index in [1.54, 1.807) is 30.3 Å². The Hall–Kier alpha value is -2.94. The lowest BCUT2D eigenvalue weighted by molar-refractivity contribution is 0.555. The molecule has 20 heavy (non-hydrogen) atoms. The fourth-order valence-corrected chi connectivity index (χ4v) is 1.94. The van der Waals surface area contributed by atoms with Crippen LogP contribution in [-0.2, 0) is 6.54 Å². The molecule has 0 aliphatic carbocycles. The number of nitrogens with zero attached hydrogens (tertiary/aromatic N) is 4. The average Bonchev–Trinajstić information content (AvgIpc) is 3.09. The molecule has 1 aromatic carbocycles. The van der Waals surface area contributed by atoms with E-state index < -0.39 is 0 Å². The molecule has 0 aliphatic heterocycles. The number of hydrogen-bond donors (Lipinski definition) is 0. The molecule has 2 aromatic heterocycles. The number of furan rings is 1. The van der Waals surface area contributed by atoms with Crippen LogP contribution in [0, 0.1) is 17.1 Å². The van der Waals surface area contributed by atoms with Gasteiger partial charge < -0.3 is 4.42 Å². The van der Waals surface area contributed by atoms with E-state index >= 15 is 0 Å². The maximum atomic E-state index is 13.7. The second-order valence-electron chi connectivity index (χ2n) is 4.12. The maximum Gasteiger partial charge on any atom is 0.193 e. The minimum absolute atomic E-state index is 0.149. The normalized spacial score (nSPS) is 10.4. The van der Waals surface area contributed by atoms with Crippen LogP contribution in [0.2, 0.25) is 0 Å². The summed E-state index contributed by atoms with van der Waals surface area (Å²) >= 11 is 0. The van der Waals surface area contributed by atoms with Crippen LogP contribution in [0.4, 0.5) is 4.39 Å². The van der Waals surface area contributed by atoms with E-state index in [1.807, 2.05) is 6.07 Å². The largest absolute Gasteiger partial charge is 0.463 e. The Labute approximate surface area is 113 Å². The second kappa shape index (κ2) is 4.97. The zero-order chi connectivity index (χ0) is 13.9. The summed E-state index contributed by atoms with van der Waals surface area (Å²) in [6.45, 7) is 0.178. The van der Waals surface area contributed by atoms with Gasteiger partial charge in [-0.1, -0.05) is 23.4 Å². The summed E-state index contributed by atoms with van der Waals surface area (Å²) in [6.07, 6.45) is 1.50. The van der Waals surface area contributed by atoms with E-state index in [0.717, 1.165) is 0 Å². The van der Waals surface area contributed by atoms with Crippen LogP contribution in [0.25, 0.3) is 11.5 Å². The molecule has 0 aliphatic rings. The van der Waals surface area contributed by atoms with Gasteiger partial charge in [0.1, 0.15) is 17.6 Å². The van der Waals surface area contributed by atoms with Crippen molar-refractivity contribution in [2.45, 2.75) is 6.54 Å². The molecule has 0 spiro atoms. The van der Waals surface area contributed by atoms with E-state index in [2.05, 4.69) is 10.3 Å². The molecular formula is C14H9FN4O. The van der Waals surface area contributed by atoms with Gasteiger partial charge in [0.05, 0.1) is 12.8 Å². The molecule has 0 amide bonds. The smallest absolute Gasteiger partial charge is 0.193 e. The molecule has 0 N–H and O–H groups in total. The number of nitriles is 1. The van der Waals surface area contributed by atoms with Gasteiger partial charge in [0.15, 0.2) is 11.5 Å². The maximum absolute atomic E-state index is 13.7. The first-order valence-electron chi connectivity index (χ1n) is 5.90. The molecule has 0 atom stereocenters. The lowest BCUT2D eigenvalue weighted by atomic mass is 10.2. The third kappa shape index (κ3) is 2.06. The van der Waals surface area contributed by atoms with Gasteiger partial charge in [0, 0.05) is 5.56 Å². The Kier molecular flexibility index (Phi) is 3.01. The Balaban J connectivity index is 2.06. The average molecular weight is 268 g/mol. The highest BCUT2D eigenvalue weighted by Gasteiger charge is 2.18. The third-order valence-corrected chi connectivity index (χ3v) is 2.87. The van der Waals surface area contributed by atoms with E-state index in [1.165, 1.54) is 17.0 Å². The highest BCUT2D eigenvalue weighted by Crippen LogP contribution is 2.23. The highest BCUT2D eigenvalue weighted by atomic mass is 19.1. The first kappa shape index (κ1) is 12.1. The first-order chi connectivity index (χ1) is 9.79. The van der Waals surface area contributed by atoms with Gasteiger partial charge in [-0.15, -0.1) is 5.10 Å². The number of rotatable bonds is 3. The predicted octanol–water partition coefficient (Wildman–Crippen LogP) is 2.60. The molecule has 0 unspecified atom stereocenters. The number of benzene rings is 1.